The number of unbranched alkanes of at least 4 members (excludes halogenated alkanes) is 12. The van der Waals surface area contributed by atoms with Crippen LogP contribution in [0.4, 0.5) is 0 Å². The minimum atomic E-state index is 0. The van der Waals surface area contributed by atoms with Gasteiger partial charge in [0.1, 0.15) is 0 Å². The summed E-state index contributed by atoms with van der Waals surface area (Å²) in [5.74, 6) is 0. The van der Waals surface area contributed by atoms with E-state index in [2.05, 4.69) is 39.8 Å². The predicted molar refractivity (Wildman–Crippen MR) is 118 cm³/mol. The van der Waals surface area contributed by atoms with E-state index in [1.54, 1.807) is 0 Å². The van der Waals surface area contributed by atoms with Gasteiger partial charge in [0.05, 0.1) is 26.2 Å². The summed E-state index contributed by atoms with van der Waals surface area (Å²) in [6, 6.07) is 0. The van der Waals surface area contributed by atoms with E-state index in [0.717, 1.165) is 0 Å². The number of hydrogen-bond donors (Lipinski definition) is 0. The van der Waals surface area contributed by atoms with E-state index in [1.807, 2.05) is 0 Å². The lowest BCUT2D eigenvalue weighted by Gasteiger charge is -2.35. The average molecular weight is 370 g/mol. The first-order chi connectivity index (χ1) is 12.2. The Morgan fingerprint density at radius 1 is 0.500 bits per heavy atom. The predicted octanol–water partition coefficient (Wildman–Crippen LogP) is 7.72. The summed E-state index contributed by atoms with van der Waals surface area (Å²) in [4.78, 5) is 0. The zero-order valence-corrected chi connectivity index (χ0v) is 18.8. The summed E-state index contributed by atoms with van der Waals surface area (Å²) < 4.78 is 1.32. The molecule has 0 aliphatic heterocycles. The second kappa shape index (κ2) is 21.0. The van der Waals surface area contributed by atoms with Gasteiger partial charge in [-0.05, 0) is 59.3 Å². The van der Waals surface area contributed by atoms with Gasteiger partial charge in [0.25, 0.3) is 0 Å². The molecule has 0 aliphatic carbocycles. The third-order valence-corrected chi connectivity index (χ3v) is 6.16. The monoisotopic (exact) mass is 369 g/mol. The van der Waals surface area contributed by atoms with Crippen LogP contribution in [0.25, 0.3) is 0 Å². The largest absolute Gasteiger partial charge is 0.870 e. The fourth-order valence-corrected chi connectivity index (χ4v) is 3.84. The molecule has 0 fully saturated rings. The van der Waals surface area contributed by atoms with Crippen LogP contribution < -0.4 is 0 Å². The molecule has 0 heterocycles. The maximum atomic E-state index is 2.43. The smallest absolute Gasteiger partial charge is 0.0786 e. The lowest BCUT2D eigenvalue weighted by molar-refractivity contribution is -0.923. The van der Waals surface area contributed by atoms with Crippen molar-refractivity contribution in [3.63, 3.8) is 0 Å². The van der Waals surface area contributed by atoms with Crippen molar-refractivity contribution in [2.45, 2.75) is 118 Å². The van der Waals surface area contributed by atoms with E-state index < -0.39 is 0 Å². The van der Waals surface area contributed by atoms with Gasteiger partial charge in [-0.1, -0.05) is 70.4 Å². The molecule has 0 atom stereocenters. The maximum absolute atomic E-state index is 2.43. The molecule has 1 N–H and O–H groups in total. The average Bonchev–Trinajstić information content (AvgIpc) is 2.65. The van der Waals surface area contributed by atoms with Crippen LogP contribution in [0.3, 0.4) is 0 Å². The van der Waals surface area contributed by atoms with Crippen molar-refractivity contribution in [2.24, 2.45) is 0 Å². The molecule has 0 aromatic rings. The van der Waals surface area contributed by atoms with Gasteiger partial charge < -0.3 is 9.96 Å². The molecule has 0 saturated carbocycles. The normalized spacial score (nSPS) is 11.8. The molecule has 0 aromatic heterocycles. The molecule has 0 amide bonds. The van der Waals surface area contributed by atoms with Gasteiger partial charge in [0, 0.05) is 0 Å². The zero-order chi connectivity index (χ0) is 18.6. The topological polar surface area (TPSA) is 30.0 Å². The molecular formula is C24H51NO. The lowest BCUT2D eigenvalue weighted by atomic mass is 10.1. The lowest BCUT2D eigenvalue weighted by Crippen LogP contribution is -2.48. The molecule has 0 saturated heterocycles. The first-order valence-electron chi connectivity index (χ1n) is 11.7. The van der Waals surface area contributed by atoms with Crippen molar-refractivity contribution in [1.82, 2.24) is 0 Å². The van der Waals surface area contributed by atoms with Crippen LogP contribution in [0.1, 0.15) is 118 Å². The third kappa shape index (κ3) is 15.9. The molecular weight excluding hydrogens is 318 g/mol. The van der Waals surface area contributed by atoms with Crippen molar-refractivity contribution in [3.05, 3.63) is 12.2 Å². The highest BCUT2D eigenvalue weighted by Crippen LogP contribution is 2.13. The Morgan fingerprint density at radius 2 is 0.885 bits per heavy atom. The van der Waals surface area contributed by atoms with E-state index in [4.69, 9.17) is 0 Å². The van der Waals surface area contributed by atoms with Gasteiger partial charge in [-0.25, -0.2) is 0 Å². The van der Waals surface area contributed by atoms with Gasteiger partial charge in [0.2, 0.25) is 0 Å². The van der Waals surface area contributed by atoms with Crippen molar-refractivity contribution in [1.29, 1.82) is 0 Å². The zero-order valence-electron chi connectivity index (χ0n) is 18.8. The van der Waals surface area contributed by atoms with Gasteiger partial charge in [-0.3, -0.25) is 0 Å². The molecule has 0 rings (SSSR count). The molecule has 158 valence electrons. The number of rotatable bonds is 19. The number of allylic oxidation sites excluding steroid dienone is 2. The summed E-state index contributed by atoms with van der Waals surface area (Å²) in [6.45, 7) is 14.7. The fraction of sp³-hybridized carbons (Fsp3) is 0.917. The molecule has 0 unspecified atom stereocenters. The van der Waals surface area contributed by atoms with Crippen LogP contribution in [0.5, 0.6) is 0 Å². The van der Waals surface area contributed by atoms with Gasteiger partial charge in [-0.2, -0.15) is 0 Å². The van der Waals surface area contributed by atoms with Crippen molar-refractivity contribution in [3.8, 4) is 0 Å². The Labute approximate surface area is 166 Å². The maximum Gasteiger partial charge on any atom is 0.0786 e. The Hall–Kier alpha value is -0.340. The summed E-state index contributed by atoms with van der Waals surface area (Å²) in [7, 11) is 0. The molecule has 0 aliphatic rings. The minimum absolute atomic E-state index is 0. The molecule has 0 radical (unpaired) electrons. The van der Waals surface area contributed by atoms with Crippen LogP contribution in [0.15, 0.2) is 12.2 Å². The van der Waals surface area contributed by atoms with E-state index in [-0.39, 0.29) is 5.48 Å². The van der Waals surface area contributed by atoms with Gasteiger partial charge >= 0.3 is 0 Å². The van der Waals surface area contributed by atoms with E-state index >= 15 is 0 Å². The third-order valence-electron chi connectivity index (χ3n) is 6.16. The summed E-state index contributed by atoms with van der Waals surface area (Å²) >= 11 is 0. The van der Waals surface area contributed by atoms with E-state index in [1.165, 1.54) is 121 Å². The first kappa shape index (κ1) is 27.9. The van der Waals surface area contributed by atoms with Gasteiger partial charge in [0.15, 0.2) is 0 Å². The Bertz CT molecular complexity index is 276. The van der Waals surface area contributed by atoms with Gasteiger partial charge in [-0.15, -0.1) is 0 Å². The first-order valence-corrected chi connectivity index (χ1v) is 11.7. The highest BCUT2D eigenvalue weighted by Gasteiger charge is 2.19. The SMILES string of the molecule is CCCCCCCC/C=C\CCCCCCCC[N+](CC)(CC)CC.[OH-]. The molecule has 0 aromatic carbocycles. The fourth-order valence-electron chi connectivity index (χ4n) is 3.84. The van der Waals surface area contributed by atoms with E-state index in [0.29, 0.717) is 0 Å². The standard InChI is InChI=1S/C24H50N.H2O/c1-5-9-10-11-12-13-14-15-16-17-18-19-20-21-22-23-24-25(6-2,7-3)8-4;/h15-16H,5-14,17-24H2,1-4H3;1H2/q+1;/p-1/b16-15-;. The molecule has 26 heavy (non-hydrogen) atoms. The van der Waals surface area contributed by atoms with E-state index in [9.17, 15) is 0 Å². The Morgan fingerprint density at radius 3 is 1.31 bits per heavy atom. The van der Waals surface area contributed by atoms with Crippen LogP contribution >= 0.6 is 0 Å². The molecule has 2 nitrogen and oxygen atoms in total. The number of nitrogens with zero attached hydrogens (tertiary/aromatic N) is 1. The van der Waals surface area contributed by atoms with Crippen LogP contribution in [0, 0.1) is 0 Å². The number of hydrogen-bond acceptors (Lipinski definition) is 1. The molecule has 0 spiro atoms. The molecule has 0 bridgehead atoms. The van der Waals surface area contributed by atoms with Crippen LogP contribution in [0.2, 0.25) is 0 Å². The van der Waals surface area contributed by atoms with Crippen molar-refractivity contribution < 1.29 is 9.96 Å². The summed E-state index contributed by atoms with van der Waals surface area (Å²) in [5.41, 5.74) is 0. The van der Waals surface area contributed by atoms with Crippen molar-refractivity contribution >= 4 is 0 Å². The van der Waals surface area contributed by atoms with Crippen molar-refractivity contribution in [2.75, 3.05) is 26.2 Å². The van der Waals surface area contributed by atoms with Crippen LogP contribution in [-0.4, -0.2) is 36.1 Å². The Kier molecular flexibility index (Phi) is 22.5. The summed E-state index contributed by atoms with van der Waals surface area (Å²) in [5, 5.41) is 0. The summed E-state index contributed by atoms with van der Waals surface area (Å²) in [6.07, 6.45) is 24.5. The second-order valence-electron chi connectivity index (χ2n) is 7.95. The minimum Gasteiger partial charge on any atom is -0.870 e. The molecule has 2 heteroatoms. The van der Waals surface area contributed by atoms with Crippen LogP contribution in [-0.2, 0) is 0 Å². The second-order valence-corrected chi connectivity index (χ2v) is 7.95. The highest BCUT2D eigenvalue weighted by atomic mass is 16.0. The quantitative estimate of drug-likeness (QED) is 0.130. The Balaban J connectivity index is 0. The number of quaternary nitrogens is 1. The highest BCUT2D eigenvalue weighted by molar-refractivity contribution is 4.81.